The first-order chi connectivity index (χ1) is 6.22. The molecule has 0 bridgehead atoms. The van der Waals surface area contributed by atoms with Gasteiger partial charge < -0.3 is 10.8 Å². The molecule has 1 aromatic carbocycles. The van der Waals surface area contributed by atoms with Gasteiger partial charge in [-0.3, -0.25) is 0 Å². The van der Waals surface area contributed by atoms with Crippen LogP contribution in [0.25, 0.3) is 0 Å². The number of halogens is 1. The Balaban J connectivity index is 2.50. The third-order valence-electron chi connectivity index (χ3n) is 2.60. The molecule has 0 saturated carbocycles. The zero-order valence-corrected chi connectivity index (χ0v) is 7.26. The van der Waals surface area contributed by atoms with E-state index < -0.39 is 0 Å². The highest BCUT2D eigenvalue weighted by Gasteiger charge is 2.20. The maximum absolute atomic E-state index is 13.2. The molecule has 0 spiro atoms. The molecule has 70 valence electrons. The van der Waals surface area contributed by atoms with Gasteiger partial charge in [-0.05, 0) is 30.0 Å². The number of fused-ring (bicyclic) bond motifs is 1. The van der Waals surface area contributed by atoms with Gasteiger partial charge in [-0.1, -0.05) is 6.07 Å². The average Bonchev–Trinajstić information content (AvgIpc) is 2.47. The number of hydrogen-bond acceptors (Lipinski definition) is 2. The molecule has 0 radical (unpaired) electrons. The molecule has 13 heavy (non-hydrogen) atoms. The Morgan fingerprint density at radius 3 is 3.00 bits per heavy atom. The lowest BCUT2D eigenvalue weighted by Crippen LogP contribution is -2.06. The summed E-state index contributed by atoms with van der Waals surface area (Å²) in [5.41, 5.74) is 8.13. The molecule has 0 heterocycles. The summed E-state index contributed by atoms with van der Waals surface area (Å²) in [5.74, 6) is -0.349. The summed E-state index contributed by atoms with van der Waals surface area (Å²) in [5, 5.41) is 8.84. The van der Waals surface area contributed by atoms with E-state index in [2.05, 4.69) is 0 Å². The Bertz CT molecular complexity index is 338. The summed E-state index contributed by atoms with van der Waals surface area (Å²) in [6.07, 6.45) is 1.77. The van der Waals surface area contributed by atoms with Crippen molar-refractivity contribution in [2.75, 3.05) is 0 Å². The molecule has 1 aliphatic carbocycles. The summed E-state index contributed by atoms with van der Waals surface area (Å²) in [7, 11) is 0. The van der Waals surface area contributed by atoms with Crippen LogP contribution in [-0.4, -0.2) is 5.11 Å². The van der Waals surface area contributed by atoms with Crippen LogP contribution in [0.15, 0.2) is 12.1 Å². The Kier molecular flexibility index (Phi) is 2.06. The molecule has 1 unspecified atom stereocenters. The monoisotopic (exact) mass is 181 g/mol. The molecule has 2 nitrogen and oxygen atoms in total. The molecule has 0 saturated heterocycles. The molecule has 0 fully saturated rings. The summed E-state index contributed by atoms with van der Waals surface area (Å²) < 4.78 is 13.2. The predicted octanol–water partition coefficient (Wildman–Crippen LogP) is 1.26. The lowest BCUT2D eigenvalue weighted by molar-refractivity contribution is 0.275. The second kappa shape index (κ2) is 3.09. The van der Waals surface area contributed by atoms with Crippen LogP contribution in [0.5, 0.6) is 0 Å². The van der Waals surface area contributed by atoms with Crippen molar-refractivity contribution in [3.05, 3.63) is 34.6 Å². The van der Waals surface area contributed by atoms with E-state index in [1.165, 1.54) is 6.07 Å². The molecule has 1 aromatic rings. The first-order valence-electron chi connectivity index (χ1n) is 4.40. The van der Waals surface area contributed by atoms with Crippen LogP contribution in [0.2, 0.25) is 0 Å². The minimum Gasteiger partial charge on any atom is -0.392 e. The Morgan fingerprint density at radius 2 is 2.31 bits per heavy atom. The van der Waals surface area contributed by atoms with Gasteiger partial charge in [0.05, 0.1) is 6.61 Å². The van der Waals surface area contributed by atoms with Crippen LogP contribution < -0.4 is 5.73 Å². The van der Waals surface area contributed by atoms with Crippen molar-refractivity contribution in [2.24, 2.45) is 5.73 Å². The fraction of sp³-hybridized carbons (Fsp3) is 0.400. The van der Waals surface area contributed by atoms with E-state index in [9.17, 15) is 4.39 Å². The molecule has 3 heteroatoms. The molecule has 3 N–H and O–H groups in total. The topological polar surface area (TPSA) is 46.2 Å². The highest BCUT2D eigenvalue weighted by molar-refractivity contribution is 5.38. The fourth-order valence-electron chi connectivity index (χ4n) is 1.83. The van der Waals surface area contributed by atoms with Gasteiger partial charge >= 0.3 is 0 Å². The van der Waals surface area contributed by atoms with Gasteiger partial charge in [0.25, 0.3) is 0 Å². The number of aryl methyl sites for hydroxylation is 1. The standard InChI is InChI=1S/C10H12FNO/c11-9-4-8-6(1-2-10(8)12)3-7(9)5-13/h3-4,10,13H,1-2,5,12H2. The molecule has 1 aliphatic rings. The number of rotatable bonds is 1. The molecule has 0 aliphatic heterocycles. The second-order valence-electron chi connectivity index (χ2n) is 3.45. The van der Waals surface area contributed by atoms with Crippen LogP contribution >= 0.6 is 0 Å². The largest absolute Gasteiger partial charge is 0.392 e. The average molecular weight is 181 g/mol. The summed E-state index contributed by atoms with van der Waals surface area (Å²) in [6, 6.07) is 3.15. The lowest BCUT2D eigenvalue weighted by Gasteiger charge is -2.06. The van der Waals surface area contributed by atoms with Gasteiger partial charge in [-0.15, -0.1) is 0 Å². The van der Waals surface area contributed by atoms with E-state index in [-0.39, 0.29) is 18.5 Å². The minimum absolute atomic E-state index is 0.0303. The van der Waals surface area contributed by atoms with Gasteiger partial charge in [-0.25, -0.2) is 4.39 Å². The van der Waals surface area contributed by atoms with Gasteiger partial charge in [0.2, 0.25) is 0 Å². The second-order valence-corrected chi connectivity index (χ2v) is 3.45. The van der Waals surface area contributed by atoms with Gasteiger partial charge in [0, 0.05) is 11.6 Å². The zero-order chi connectivity index (χ0) is 9.42. The summed E-state index contributed by atoms with van der Waals surface area (Å²) in [6.45, 7) is -0.242. The lowest BCUT2D eigenvalue weighted by atomic mass is 10.0. The van der Waals surface area contributed by atoms with Crippen LogP contribution in [0.3, 0.4) is 0 Å². The fourth-order valence-corrected chi connectivity index (χ4v) is 1.83. The molecule has 2 rings (SSSR count). The number of aliphatic hydroxyl groups is 1. The van der Waals surface area contributed by atoms with Crippen molar-refractivity contribution in [1.82, 2.24) is 0 Å². The Hall–Kier alpha value is -0.930. The number of benzene rings is 1. The van der Waals surface area contributed by atoms with Crippen molar-refractivity contribution in [2.45, 2.75) is 25.5 Å². The van der Waals surface area contributed by atoms with Gasteiger partial charge in [-0.2, -0.15) is 0 Å². The summed E-state index contributed by atoms with van der Waals surface area (Å²) in [4.78, 5) is 0. The van der Waals surface area contributed by atoms with Gasteiger partial charge in [0.1, 0.15) is 5.82 Å². The van der Waals surface area contributed by atoms with Crippen molar-refractivity contribution in [1.29, 1.82) is 0 Å². The van der Waals surface area contributed by atoms with E-state index >= 15 is 0 Å². The first-order valence-corrected chi connectivity index (χ1v) is 4.40. The molecule has 0 aromatic heterocycles. The Morgan fingerprint density at radius 1 is 1.54 bits per heavy atom. The quantitative estimate of drug-likeness (QED) is 0.685. The van der Waals surface area contributed by atoms with E-state index in [0.717, 1.165) is 24.0 Å². The first kappa shape index (κ1) is 8.66. The highest BCUT2D eigenvalue weighted by Crippen LogP contribution is 2.31. The van der Waals surface area contributed by atoms with Crippen LogP contribution in [0.1, 0.15) is 29.2 Å². The van der Waals surface area contributed by atoms with Crippen molar-refractivity contribution < 1.29 is 9.50 Å². The maximum atomic E-state index is 13.2. The highest BCUT2D eigenvalue weighted by atomic mass is 19.1. The van der Waals surface area contributed by atoms with Crippen LogP contribution in [0.4, 0.5) is 4.39 Å². The normalized spacial score (nSPS) is 20.4. The smallest absolute Gasteiger partial charge is 0.129 e. The molecule has 1 atom stereocenters. The van der Waals surface area contributed by atoms with Gasteiger partial charge in [0.15, 0.2) is 0 Å². The van der Waals surface area contributed by atoms with E-state index in [4.69, 9.17) is 10.8 Å². The number of hydrogen-bond donors (Lipinski definition) is 2. The van der Waals surface area contributed by atoms with Crippen molar-refractivity contribution >= 4 is 0 Å². The van der Waals surface area contributed by atoms with E-state index in [1.54, 1.807) is 6.07 Å². The number of aliphatic hydroxyl groups excluding tert-OH is 1. The predicted molar refractivity (Wildman–Crippen MR) is 47.6 cm³/mol. The Labute approximate surface area is 76.2 Å². The third kappa shape index (κ3) is 1.34. The van der Waals surface area contributed by atoms with Crippen molar-refractivity contribution in [3.8, 4) is 0 Å². The van der Waals surface area contributed by atoms with E-state index in [0.29, 0.717) is 5.56 Å². The minimum atomic E-state index is -0.349. The SMILES string of the molecule is NC1CCc2cc(CO)c(F)cc21. The van der Waals surface area contributed by atoms with E-state index in [1.807, 2.05) is 0 Å². The molecular weight excluding hydrogens is 169 g/mol. The third-order valence-corrected chi connectivity index (χ3v) is 2.60. The van der Waals surface area contributed by atoms with Crippen molar-refractivity contribution in [3.63, 3.8) is 0 Å². The van der Waals surface area contributed by atoms with Crippen LogP contribution in [-0.2, 0) is 13.0 Å². The molecular formula is C10H12FNO. The zero-order valence-electron chi connectivity index (χ0n) is 7.26. The van der Waals surface area contributed by atoms with Crippen LogP contribution in [0, 0.1) is 5.82 Å². The number of nitrogens with two attached hydrogens (primary N) is 1. The maximum Gasteiger partial charge on any atom is 0.129 e. The molecule has 0 amide bonds. The summed E-state index contributed by atoms with van der Waals surface area (Å²) >= 11 is 0.